The number of anilines is 1. The van der Waals surface area contributed by atoms with Crippen LogP contribution in [0.3, 0.4) is 0 Å². The van der Waals surface area contributed by atoms with Gasteiger partial charge in [-0.3, -0.25) is 0 Å². The summed E-state index contributed by atoms with van der Waals surface area (Å²) in [6.07, 6.45) is 1.77. The van der Waals surface area contributed by atoms with Gasteiger partial charge >= 0.3 is 6.03 Å². The number of aliphatic hydroxyl groups is 1. The fraction of sp³-hybridized carbons (Fsp3) is 0.417. The van der Waals surface area contributed by atoms with Crippen molar-refractivity contribution in [2.24, 2.45) is 0 Å². The van der Waals surface area contributed by atoms with Crippen LogP contribution in [-0.4, -0.2) is 35.8 Å². The Labute approximate surface area is 114 Å². The summed E-state index contributed by atoms with van der Waals surface area (Å²) in [5.41, 5.74) is -0.501. The lowest BCUT2D eigenvalue weighted by atomic mass is 10.3. The van der Waals surface area contributed by atoms with Gasteiger partial charge in [0.15, 0.2) is 0 Å². The molecule has 1 unspecified atom stereocenters. The molecule has 1 aromatic rings. The number of para-hydroxylation sites is 1. The fourth-order valence-electron chi connectivity index (χ4n) is 1.34. The quantitative estimate of drug-likeness (QED) is 0.752. The topological polar surface area (TPSA) is 61.4 Å². The van der Waals surface area contributed by atoms with E-state index >= 15 is 0 Å². The highest BCUT2D eigenvalue weighted by atomic mass is 32.2. The molecule has 0 aliphatic heterocycles. The van der Waals surface area contributed by atoms with Gasteiger partial charge in [0.25, 0.3) is 0 Å². The van der Waals surface area contributed by atoms with E-state index in [0.29, 0.717) is 6.42 Å². The maximum atomic E-state index is 13.2. The van der Waals surface area contributed by atoms with E-state index in [2.05, 4.69) is 10.6 Å². The molecule has 0 heterocycles. The molecular weight excluding hydrogens is 274 g/mol. The van der Waals surface area contributed by atoms with Crippen LogP contribution in [0.4, 0.5) is 19.3 Å². The second kappa shape index (κ2) is 7.96. The third kappa shape index (κ3) is 5.44. The van der Waals surface area contributed by atoms with Gasteiger partial charge in [-0.15, -0.1) is 0 Å². The van der Waals surface area contributed by atoms with Crippen molar-refractivity contribution in [2.75, 3.05) is 23.9 Å². The van der Waals surface area contributed by atoms with Crippen LogP contribution < -0.4 is 10.6 Å². The highest BCUT2D eigenvalue weighted by Gasteiger charge is 2.12. The predicted octanol–water partition coefficient (Wildman–Crippen LogP) is 2.20. The average molecular weight is 290 g/mol. The summed E-state index contributed by atoms with van der Waals surface area (Å²) in [5, 5.41) is 13.9. The minimum atomic E-state index is -0.849. The van der Waals surface area contributed by atoms with E-state index in [9.17, 15) is 18.7 Å². The summed E-state index contributed by atoms with van der Waals surface area (Å²) < 4.78 is 26.5. The van der Waals surface area contributed by atoms with Gasteiger partial charge in [0.2, 0.25) is 0 Å². The van der Waals surface area contributed by atoms with E-state index in [1.807, 2.05) is 6.26 Å². The number of rotatable bonds is 6. The number of benzene rings is 1. The van der Waals surface area contributed by atoms with E-state index in [0.717, 1.165) is 17.9 Å². The lowest BCUT2D eigenvalue weighted by Gasteiger charge is -2.12. The van der Waals surface area contributed by atoms with Crippen molar-refractivity contribution < 1.29 is 18.7 Å². The molecule has 2 amide bonds. The van der Waals surface area contributed by atoms with E-state index in [4.69, 9.17) is 0 Å². The predicted molar refractivity (Wildman–Crippen MR) is 72.4 cm³/mol. The van der Waals surface area contributed by atoms with Crippen molar-refractivity contribution in [2.45, 2.75) is 12.5 Å². The Morgan fingerprint density at radius 1 is 1.42 bits per heavy atom. The van der Waals surface area contributed by atoms with Crippen molar-refractivity contribution in [3.05, 3.63) is 29.8 Å². The van der Waals surface area contributed by atoms with Gasteiger partial charge < -0.3 is 15.7 Å². The van der Waals surface area contributed by atoms with E-state index < -0.39 is 29.5 Å². The molecule has 4 nitrogen and oxygen atoms in total. The first-order valence-corrected chi connectivity index (χ1v) is 7.10. The van der Waals surface area contributed by atoms with Crippen LogP contribution in [-0.2, 0) is 0 Å². The van der Waals surface area contributed by atoms with Crippen LogP contribution in [0.5, 0.6) is 0 Å². The molecule has 0 saturated heterocycles. The summed E-state index contributed by atoms with van der Waals surface area (Å²) in [5.74, 6) is -0.928. The second-order valence-corrected chi connectivity index (χ2v) is 4.85. The maximum Gasteiger partial charge on any atom is 0.319 e. The molecule has 1 atom stereocenters. The third-order valence-corrected chi connectivity index (χ3v) is 3.00. The lowest BCUT2D eigenvalue weighted by molar-refractivity contribution is 0.169. The Bertz CT molecular complexity index is 412. The molecule has 0 radical (unpaired) electrons. The van der Waals surface area contributed by atoms with Gasteiger partial charge in [-0.25, -0.2) is 13.6 Å². The standard InChI is InChI=1S/C12H16F2N2O2S/c1-19-6-5-8(17)7-15-12(18)16-11-9(13)3-2-4-10(11)14/h2-4,8,17H,5-7H2,1H3,(H2,15,16,18). The molecule has 0 aromatic heterocycles. The largest absolute Gasteiger partial charge is 0.391 e. The molecule has 106 valence electrons. The highest BCUT2D eigenvalue weighted by Crippen LogP contribution is 2.17. The summed E-state index contributed by atoms with van der Waals surface area (Å²) in [6.45, 7) is 0.0302. The van der Waals surface area contributed by atoms with Crippen molar-refractivity contribution in [3.8, 4) is 0 Å². The van der Waals surface area contributed by atoms with Gasteiger partial charge in [0, 0.05) is 6.54 Å². The van der Waals surface area contributed by atoms with Crippen molar-refractivity contribution >= 4 is 23.5 Å². The number of hydrogen-bond acceptors (Lipinski definition) is 3. The molecule has 19 heavy (non-hydrogen) atoms. The molecule has 1 aromatic carbocycles. The SMILES string of the molecule is CSCCC(O)CNC(=O)Nc1c(F)cccc1F. The van der Waals surface area contributed by atoms with E-state index in [1.165, 1.54) is 6.07 Å². The number of carbonyl (C=O) groups excluding carboxylic acids is 1. The molecule has 0 aliphatic carbocycles. The molecular formula is C12H16F2N2O2S. The molecule has 1 rings (SSSR count). The monoisotopic (exact) mass is 290 g/mol. The van der Waals surface area contributed by atoms with E-state index in [-0.39, 0.29) is 6.54 Å². The zero-order chi connectivity index (χ0) is 14.3. The zero-order valence-corrected chi connectivity index (χ0v) is 11.3. The summed E-state index contributed by atoms with van der Waals surface area (Å²) in [7, 11) is 0. The van der Waals surface area contributed by atoms with Crippen LogP contribution in [0.1, 0.15) is 6.42 Å². The second-order valence-electron chi connectivity index (χ2n) is 3.87. The number of amides is 2. The molecule has 3 N–H and O–H groups in total. The van der Waals surface area contributed by atoms with Gasteiger partial charge in [0.1, 0.15) is 17.3 Å². The van der Waals surface area contributed by atoms with E-state index in [1.54, 1.807) is 11.8 Å². The van der Waals surface area contributed by atoms with Crippen LogP contribution in [0.2, 0.25) is 0 Å². The first-order chi connectivity index (χ1) is 9.04. The summed E-state index contributed by atoms with van der Waals surface area (Å²) in [4.78, 5) is 11.4. The van der Waals surface area contributed by atoms with Crippen LogP contribution in [0.15, 0.2) is 18.2 Å². The lowest BCUT2D eigenvalue weighted by Crippen LogP contribution is -2.35. The average Bonchev–Trinajstić information content (AvgIpc) is 2.38. The number of halogens is 2. The molecule has 0 fully saturated rings. The first kappa shape index (κ1) is 15.7. The molecule has 0 bridgehead atoms. The van der Waals surface area contributed by atoms with Crippen LogP contribution in [0, 0.1) is 11.6 Å². The van der Waals surface area contributed by atoms with Gasteiger partial charge in [-0.2, -0.15) is 11.8 Å². The molecule has 7 heteroatoms. The van der Waals surface area contributed by atoms with Gasteiger partial charge in [-0.1, -0.05) is 6.07 Å². The molecule has 0 spiro atoms. The zero-order valence-electron chi connectivity index (χ0n) is 10.5. The van der Waals surface area contributed by atoms with Gasteiger partial charge in [0.05, 0.1) is 6.10 Å². The van der Waals surface area contributed by atoms with Crippen LogP contribution >= 0.6 is 11.8 Å². The number of hydrogen-bond donors (Lipinski definition) is 3. The Morgan fingerprint density at radius 3 is 2.63 bits per heavy atom. The van der Waals surface area contributed by atoms with Crippen molar-refractivity contribution in [1.29, 1.82) is 0 Å². The Hall–Kier alpha value is -1.34. The van der Waals surface area contributed by atoms with Crippen molar-refractivity contribution in [1.82, 2.24) is 5.32 Å². The maximum absolute atomic E-state index is 13.2. The van der Waals surface area contributed by atoms with Gasteiger partial charge in [-0.05, 0) is 30.6 Å². The summed E-state index contributed by atoms with van der Waals surface area (Å²) >= 11 is 1.58. The number of carbonyl (C=O) groups is 1. The molecule has 0 saturated carbocycles. The minimum Gasteiger partial charge on any atom is -0.391 e. The van der Waals surface area contributed by atoms with Crippen LogP contribution in [0.25, 0.3) is 0 Å². The smallest absolute Gasteiger partial charge is 0.319 e. The normalized spacial score (nSPS) is 12.0. The summed E-state index contributed by atoms with van der Waals surface area (Å²) in [6, 6.07) is 2.55. The first-order valence-electron chi connectivity index (χ1n) is 5.70. The highest BCUT2D eigenvalue weighted by molar-refractivity contribution is 7.98. The Balaban J connectivity index is 2.43. The third-order valence-electron chi connectivity index (χ3n) is 2.35. The molecule has 0 aliphatic rings. The number of urea groups is 1. The minimum absolute atomic E-state index is 0.0302. The Kier molecular flexibility index (Phi) is 6.58. The van der Waals surface area contributed by atoms with Crippen molar-refractivity contribution in [3.63, 3.8) is 0 Å². The number of nitrogens with one attached hydrogen (secondary N) is 2. The fourth-order valence-corrected chi connectivity index (χ4v) is 1.85. The Morgan fingerprint density at radius 2 is 2.05 bits per heavy atom. The number of thioether (sulfide) groups is 1. The number of aliphatic hydroxyl groups excluding tert-OH is 1.